The normalized spacial score (nSPS) is 11.0. The fraction of sp³-hybridized carbons (Fsp3) is 0.485. The van der Waals surface area contributed by atoms with Crippen LogP contribution >= 0.6 is 0 Å². The van der Waals surface area contributed by atoms with E-state index in [1.165, 1.54) is 80.9 Å². The molecule has 0 saturated carbocycles. The highest BCUT2D eigenvalue weighted by atomic mass is 16.5. The minimum absolute atomic E-state index is 0.781. The molecule has 0 unspecified atom stereocenters. The van der Waals surface area contributed by atoms with Gasteiger partial charge in [-0.05, 0) is 60.9 Å². The van der Waals surface area contributed by atoms with E-state index in [4.69, 9.17) is 4.74 Å². The fourth-order valence-electron chi connectivity index (χ4n) is 4.47. The third-order valence-electron chi connectivity index (χ3n) is 6.80. The lowest BCUT2D eigenvalue weighted by atomic mass is 10.00. The molecule has 0 saturated heterocycles. The van der Waals surface area contributed by atoms with Crippen LogP contribution in [0.5, 0.6) is 5.75 Å². The van der Waals surface area contributed by atoms with E-state index in [2.05, 4.69) is 73.4 Å². The van der Waals surface area contributed by atoms with Crippen LogP contribution in [0.4, 0.5) is 0 Å². The van der Waals surface area contributed by atoms with Crippen LogP contribution in [0, 0.1) is 0 Å². The molecule has 0 fully saturated rings. The zero-order valence-electron chi connectivity index (χ0n) is 22.1. The van der Waals surface area contributed by atoms with Crippen molar-refractivity contribution in [3.05, 3.63) is 83.6 Å². The maximum Gasteiger partial charge on any atom is 0.137 e. The van der Waals surface area contributed by atoms with Gasteiger partial charge in [-0.2, -0.15) is 0 Å². The van der Waals surface area contributed by atoms with Crippen LogP contribution in [0.3, 0.4) is 0 Å². The fourth-order valence-corrected chi connectivity index (χ4v) is 4.47. The third-order valence-corrected chi connectivity index (χ3v) is 6.80. The maximum atomic E-state index is 5.87. The molecule has 0 amide bonds. The zero-order valence-corrected chi connectivity index (χ0v) is 22.1. The van der Waals surface area contributed by atoms with Gasteiger partial charge in [0.05, 0.1) is 18.5 Å². The van der Waals surface area contributed by atoms with Gasteiger partial charge in [0.15, 0.2) is 0 Å². The maximum absolute atomic E-state index is 5.87. The van der Waals surface area contributed by atoms with Crippen molar-refractivity contribution < 1.29 is 4.74 Å². The molecule has 1 aromatic heterocycles. The van der Waals surface area contributed by atoms with Crippen LogP contribution in [0.25, 0.3) is 11.3 Å². The number of pyridine rings is 1. The van der Waals surface area contributed by atoms with Crippen molar-refractivity contribution in [2.75, 3.05) is 6.61 Å². The number of rotatable bonds is 17. The van der Waals surface area contributed by atoms with Gasteiger partial charge in [0.1, 0.15) is 5.75 Å². The molecule has 3 rings (SSSR count). The molecule has 188 valence electrons. The lowest BCUT2D eigenvalue weighted by molar-refractivity contribution is 0.303. The van der Waals surface area contributed by atoms with Crippen LogP contribution in [-0.2, 0) is 19.3 Å². The SMILES string of the molecule is CCCCCCCCOc1ccc(-c2ccc(CCc3ccc(CCCCCC)cc3)cc2)nc1. The number of aryl methyl sites for hydroxylation is 3. The Kier molecular flexibility index (Phi) is 12.4. The molecule has 0 aliphatic carbocycles. The third kappa shape index (κ3) is 10.3. The number of unbranched alkanes of at least 4 members (excludes halogenated alkanes) is 8. The molecule has 1 heterocycles. The summed E-state index contributed by atoms with van der Waals surface area (Å²) in [7, 11) is 0. The van der Waals surface area contributed by atoms with Crippen molar-refractivity contribution >= 4 is 0 Å². The Morgan fingerprint density at radius 2 is 1.09 bits per heavy atom. The Bertz CT molecular complexity index is 928. The van der Waals surface area contributed by atoms with E-state index in [1.807, 2.05) is 12.3 Å². The summed E-state index contributed by atoms with van der Waals surface area (Å²) in [6.07, 6.45) is 18.2. The highest BCUT2D eigenvalue weighted by Gasteiger charge is 2.03. The van der Waals surface area contributed by atoms with Crippen molar-refractivity contribution in [1.82, 2.24) is 4.98 Å². The first-order valence-corrected chi connectivity index (χ1v) is 14.0. The number of ether oxygens (including phenoxy) is 1. The van der Waals surface area contributed by atoms with Gasteiger partial charge >= 0.3 is 0 Å². The van der Waals surface area contributed by atoms with E-state index in [0.29, 0.717) is 0 Å². The van der Waals surface area contributed by atoms with Crippen LogP contribution in [0.15, 0.2) is 66.9 Å². The number of aromatic nitrogens is 1. The van der Waals surface area contributed by atoms with Crippen LogP contribution < -0.4 is 4.74 Å². The second-order valence-corrected chi connectivity index (χ2v) is 9.82. The second kappa shape index (κ2) is 16.1. The summed E-state index contributed by atoms with van der Waals surface area (Å²) in [5.74, 6) is 0.867. The van der Waals surface area contributed by atoms with Gasteiger partial charge in [-0.3, -0.25) is 4.98 Å². The molecule has 2 aromatic carbocycles. The van der Waals surface area contributed by atoms with E-state index in [-0.39, 0.29) is 0 Å². The van der Waals surface area contributed by atoms with Crippen molar-refractivity contribution in [1.29, 1.82) is 0 Å². The summed E-state index contributed by atoms with van der Waals surface area (Å²) in [6, 6.07) is 22.2. The molecule has 0 spiro atoms. The summed E-state index contributed by atoms with van der Waals surface area (Å²) in [4.78, 5) is 4.63. The number of benzene rings is 2. The van der Waals surface area contributed by atoms with Gasteiger partial charge in [0, 0.05) is 5.56 Å². The van der Waals surface area contributed by atoms with Crippen molar-refractivity contribution in [2.45, 2.75) is 97.3 Å². The Balaban J connectivity index is 1.39. The first kappa shape index (κ1) is 27.0. The molecule has 2 heteroatoms. The molecular formula is C33H45NO. The molecule has 0 N–H and O–H groups in total. The summed E-state index contributed by atoms with van der Waals surface area (Å²) < 4.78 is 5.87. The van der Waals surface area contributed by atoms with Gasteiger partial charge in [0.2, 0.25) is 0 Å². The lowest BCUT2D eigenvalue weighted by Crippen LogP contribution is -1.98. The number of hydrogen-bond acceptors (Lipinski definition) is 2. The van der Waals surface area contributed by atoms with E-state index < -0.39 is 0 Å². The molecule has 0 aliphatic heterocycles. The topological polar surface area (TPSA) is 22.1 Å². The number of hydrogen-bond donors (Lipinski definition) is 0. The predicted octanol–water partition coefficient (Wildman–Crippen LogP) is 9.40. The Hall–Kier alpha value is -2.61. The quantitative estimate of drug-likeness (QED) is 0.183. The predicted molar refractivity (Wildman–Crippen MR) is 150 cm³/mol. The molecule has 3 aromatic rings. The van der Waals surface area contributed by atoms with Crippen molar-refractivity contribution in [3.63, 3.8) is 0 Å². The molecule has 0 aliphatic rings. The molecule has 0 atom stereocenters. The Morgan fingerprint density at radius 1 is 0.543 bits per heavy atom. The van der Waals surface area contributed by atoms with Crippen molar-refractivity contribution in [2.24, 2.45) is 0 Å². The largest absolute Gasteiger partial charge is 0.492 e. The lowest BCUT2D eigenvalue weighted by Gasteiger charge is -2.08. The van der Waals surface area contributed by atoms with Gasteiger partial charge in [-0.15, -0.1) is 0 Å². The molecule has 0 bridgehead atoms. The van der Waals surface area contributed by atoms with E-state index in [1.54, 1.807) is 0 Å². The van der Waals surface area contributed by atoms with Crippen LogP contribution in [0.2, 0.25) is 0 Å². The standard InChI is InChI=1S/C33H45NO/c1-3-5-7-9-10-12-26-35-32-24-25-33(34-27-32)31-22-20-30(21-23-31)19-18-29-16-14-28(15-17-29)13-11-8-6-4-2/h14-17,20-25,27H,3-13,18-19,26H2,1-2H3. The highest BCUT2D eigenvalue weighted by molar-refractivity contribution is 5.59. The molecule has 2 nitrogen and oxygen atoms in total. The second-order valence-electron chi connectivity index (χ2n) is 9.82. The van der Waals surface area contributed by atoms with E-state index >= 15 is 0 Å². The summed E-state index contributed by atoms with van der Waals surface area (Å²) >= 11 is 0. The molecular weight excluding hydrogens is 426 g/mol. The first-order valence-electron chi connectivity index (χ1n) is 14.0. The monoisotopic (exact) mass is 471 g/mol. The molecule has 0 radical (unpaired) electrons. The van der Waals surface area contributed by atoms with Crippen molar-refractivity contribution in [3.8, 4) is 17.0 Å². The van der Waals surface area contributed by atoms with E-state index in [9.17, 15) is 0 Å². The Morgan fingerprint density at radius 3 is 1.69 bits per heavy atom. The first-order chi connectivity index (χ1) is 17.3. The number of nitrogens with zero attached hydrogens (tertiary/aromatic N) is 1. The average Bonchev–Trinajstić information content (AvgIpc) is 2.91. The summed E-state index contributed by atoms with van der Waals surface area (Å²) in [5, 5.41) is 0. The minimum Gasteiger partial charge on any atom is -0.492 e. The van der Waals surface area contributed by atoms with Crippen LogP contribution in [0.1, 0.15) is 94.7 Å². The Labute approximate surface area is 214 Å². The van der Waals surface area contributed by atoms with Gasteiger partial charge in [-0.1, -0.05) is 114 Å². The molecule has 35 heavy (non-hydrogen) atoms. The van der Waals surface area contributed by atoms with Gasteiger partial charge < -0.3 is 4.74 Å². The average molecular weight is 472 g/mol. The smallest absolute Gasteiger partial charge is 0.137 e. The van der Waals surface area contributed by atoms with Gasteiger partial charge in [-0.25, -0.2) is 0 Å². The van der Waals surface area contributed by atoms with Crippen LogP contribution in [-0.4, -0.2) is 11.6 Å². The van der Waals surface area contributed by atoms with E-state index in [0.717, 1.165) is 42.9 Å². The van der Waals surface area contributed by atoms with Gasteiger partial charge in [0.25, 0.3) is 0 Å². The summed E-state index contributed by atoms with van der Waals surface area (Å²) in [6.45, 7) is 5.30. The minimum atomic E-state index is 0.781. The summed E-state index contributed by atoms with van der Waals surface area (Å²) in [5.41, 5.74) is 6.42. The highest BCUT2D eigenvalue weighted by Crippen LogP contribution is 2.21. The zero-order chi connectivity index (χ0) is 24.6.